The van der Waals surface area contributed by atoms with Gasteiger partial charge in [-0.3, -0.25) is 0 Å². The van der Waals surface area contributed by atoms with Crippen LogP contribution in [0.15, 0.2) is 47.6 Å². The fourth-order valence-corrected chi connectivity index (χ4v) is 4.42. The summed E-state index contributed by atoms with van der Waals surface area (Å²) in [5.41, 5.74) is 0. The van der Waals surface area contributed by atoms with Crippen molar-refractivity contribution in [2.75, 3.05) is 25.5 Å². The average Bonchev–Trinajstić information content (AvgIpc) is 2.89. The van der Waals surface area contributed by atoms with Gasteiger partial charge in [0.15, 0.2) is 0 Å². The predicted molar refractivity (Wildman–Crippen MR) is 95.0 cm³/mol. The Morgan fingerprint density at radius 2 is 1.88 bits per heavy atom. The summed E-state index contributed by atoms with van der Waals surface area (Å²) in [5, 5.41) is 3.24. The van der Waals surface area contributed by atoms with Crippen molar-refractivity contribution in [1.82, 2.24) is 14.3 Å². The third kappa shape index (κ3) is 4.26. The van der Waals surface area contributed by atoms with E-state index in [9.17, 15) is 8.42 Å². The standard InChI is InChI=1S/C17H22N4O3S/c1-24-15-6-8-16(9-7-15)25(22,23)21-12-3-2-5-14(13-21)20-17-18-10-4-11-19-17/h4,6-11,14H,2-3,5,12-13H2,1H3,(H,18,19,20)/t14-/m0/s1. The van der Waals surface area contributed by atoms with E-state index in [1.54, 1.807) is 54.1 Å². The third-order valence-electron chi connectivity index (χ3n) is 4.23. The first kappa shape index (κ1) is 17.6. The maximum Gasteiger partial charge on any atom is 0.243 e. The van der Waals surface area contributed by atoms with Crippen LogP contribution in [0.25, 0.3) is 0 Å². The Bertz CT molecular complexity index is 781. The lowest BCUT2D eigenvalue weighted by atomic mass is 10.1. The van der Waals surface area contributed by atoms with E-state index in [0.717, 1.165) is 19.3 Å². The molecule has 2 heterocycles. The highest BCUT2D eigenvalue weighted by Gasteiger charge is 2.29. The van der Waals surface area contributed by atoms with Crippen LogP contribution in [0.5, 0.6) is 5.75 Å². The van der Waals surface area contributed by atoms with Gasteiger partial charge in [-0.15, -0.1) is 0 Å². The number of rotatable bonds is 5. The van der Waals surface area contributed by atoms with E-state index in [0.29, 0.717) is 24.8 Å². The topological polar surface area (TPSA) is 84.4 Å². The number of hydrogen-bond acceptors (Lipinski definition) is 6. The first-order valence-electron chi connectivity index (χ1n) is 8.27. The van der Waals surface area contributed by atoms with E-state index in [1.807, 2.05) is 0 Å². The highest BCUT2D eigenvalue weighted by atomic mass is 32.2. The number of nitrogens with zero attached hydrogens (tertiary/aromatic N) is 3. The molecular weight excluding hydrogens is 340 g/mol. The Hall–Kier alpha value is -2.19. The lowest BCUT2D eigenvalue weighted by molar-refractivity contribution is 0.409. The van der Waals surface area contributed by atoms with Crippen LogP contribution in [0, 0.1) is 0 Å². The summed E-state index contributed by atoms with van der Waals surface area (Å²) in [6.07, 6.45) is 6.00. The minimum Gasteiger partial charge on any atom is -0.497 e. The van der Waals surface area contributed by atoms with Gasteiger partial charge in [0.1, 0.15) is 5.75 Å². The van der Waals surface area contributed by atoms with Crippen molar-refractivity contribution < 1.29 is 13.2 Å². The molecule has 1 aliphatic rings. The summed E-state index contributed by atoms with van der Waals surface area (Å²) < 4.78 is 32.6. The molecule has 0 spiro atoms. The van der Waals surface area contributed by atoms with Crippen molar-refractivity contribution in [3.63, 3.8) is 0 Å². The highest BCUT2D eigenvalue weighted by molar-refractivity contribution is 7.89. The second-order valence-corrected chi connectivity index (χ2v) is 7.89. The fraction of sp³-hybridized carbons (Fsp3) is 0.412. The van der Waals surface area contributed by atoms with Crippen LogP contribution < -0.4 is 10.1 Å². The van der Waals surface area contributed by atoms with E-state index >= 15 is 0 Å². The summed E-state index contributed by atoms with van der Waals surface area (Å²) in [5.74, 6) is 1.16. The van der Waals surface area contributed by atoms with Gasteiger partial charge in [0.25, 0.3) is 0 Å². The molecule has 1 atom stereocenters. The van der Waals surface area contributed by atoms with Gasteiger partial charge in [-0.1, -0.05) is 6.42 Å². The first-order valence-corrected chi connectivity index (χ1v) is 9.71. The molecule has 0 amide bonds. The highest BCUT2D eigenvalue weighted by Crippen LogP contribution is 2.23. The molecule has 7 nitrogen and oxygen atoms in total. The van der Waals surface area contributed by atoms with Gasteiger partial charge in [0, 0.05) is 31.5 Å². The van der Waals surface area contributed by atoms with Crippen LogP contribution in [0.1, 0.15) is 19.3 Å². The number of ether oxygens (including phenoxy) is 1. The van der Waals surface area contributed by atoms with Crippen molar-refractivity contribution in [2.24, 2.45) is 0 Å². The van der Waals surface area contributed by atoms with Crippen molar-refractivity contribution in [3.05, 3.63) is 42.7 Å². The second-order valence-electron chi connectivity index (χ2n) is 5.95. The van der Waals surface area contributed by atoms with Crippen molar-refractivity contribution in [2.45, 2.75) is 30.2 Å². The van der Waals surface area contributed by atoms with Crippen LogP contribution in [0.3, 0.4) is 0 Å². The summed E-state index contributed by atoms with van der Waals surface area (Å²) >= 11 is 0. The molecule has 1 aromatic heterocycles. The fourth-order valence-electron chi connectivity index (χ4n) is 2.90. The molecule has 1 aliphatic heterocycles. The van der Waals surface area contributed by atoms with Gasteiger partial charge in [0.2, 0.25) is 16.0 Å². The zero-order valence-corrected chi connectivity index (χ0v) is 14.9. The molecule has 0 saturated carbocycles. The minimum absolute atomic E-state index is 0.0158. The van der Waals surface area contributed by atoms with Gasteiger partial charge in [-0.05, 0) is 43.2 Å². The van der Waals surface area contributed by atoms with E-state index in [-0.39, 0.29) is 10.9 Å². The number of hydrogen-bond donors (Lipinski definition) is 1. The molecular formula is C17H22N4O3S. The summed E-state index contributed by atoms with van der Waals surface area (Å²) in [7, 11) is -1.98. The molecule has 0 aliphatic carbocycles. The van der Waals surface area contributed by atoms with E-state index in [4.69, 9.17) is 4.74 Å². The number of sulfonamides is 1. The molecule has 1 aromatic carbocycles. The molecule has 8 heteroatoms. The lowest BCUT2D eigenvalue weighted by Gasteiger charge is -2.24. The van der Waals surface area contributed by atoms with Gasteiger partial charge in [0.05, 0.1) is 12.0 Å². The molecule has 1 fully saturated rings. The zero-order chi connectivity index (χ0) is 17.7. The van der Waals surface area contributed by atoms with E-state index < -0.39 is 10.0 Å². The SMILES string of the molecule is COc1ccc(S(=O)(=O)N2CCCC[C@H](Nc3ncccn3)C2)cc1. The number of benzene rings is 1. The molecule has 0 unspecified atom stereocenters. The molecule has 1 N–H and O–H groups in total. The molecule has 25 heavy (non-hydrogen) atoms. The summed E-state index contributed by atoms with van der Waals surface area (Å²) in [6, 6.07) is 8.23. The summed E-state index contributed by atoms with van der Waals surface area (Å²) in [6.45, 7) is 0.912. The largest absolute Gasteiger partial charge is 0.497 e. The van der Waals surface area contributed by atoms with Crippen molar-refractivity contribution >= 4 is 16.0 Å². The third-order valence-corrected chi connectivity index (χ3v) is 6.11. The summed E-state index contributed by atoms with van der Waals surface area (Å²) in [4.78, 5) is 8.61. The van der Waals surface area contributed by atoms with Gasteiger partial charge < -0.3 is 10.1 Å². The maximum atomic E-state index is 13.0. The van der Waals surface area contributed by atoms with Crippen LogP contribution in [-0.4, -0.2) is 48.9 Å². The molecule has 134 valence electrons. The Morgan fingerprint density at radius 1 is 1.16 bits per heavy atom. The van der Waals surface area contributed by atoms with Gasteiger partial charge in [-0.25, -0.2) is 18.4 Å². The molecule has 2 aromatic rings. The Morgan fingerprint density at radius 3 is 2.56 bits per heavy atom. The van der Waals surface area contributed by atoms with Crippen molar-refractivity contribution in [3.8, 4) is 5.75 Å². The second kappa shape index (κ2) is 7.79. The molecule has 1 saturated heterocycles. The zero-order valence-electron chi connectivity index (χ0n) is 14.1. The lowest BCUT2D eigenvalue weighted by Crippen LogP contribution is -2.39. The van der Waals surface area contributed by atoms with Crippen LogP contribution >= 0.6 is 0 Å². The normalized spacial score (nSPS) is 19.2. The Labute approximate surface area is 148 Å². The van der Waals surface area contributed by atoms with Crippen LogP contribution in [0.4, 0.5) is 5.95 Å². The van der Waals surface area contributed by atoms with E-state index in [2.05, 4.69) is 15.3 Å². The molecule has 3 rings (SSSR count). The van der Waals surface area contributed by atoms with Gasteiger partial charge in [-0.2, -0.15) is 4.31 Å². The quantitative estimate of drug-likeness (QED) is 0.877. The van der Waals surface area contributed by atoms with Crippen molar-refractivity contribution in [1.29, 1.82) is 0 Å². The molecule has 0 bridgehead atoms. The number of aromatic nitrogens is 2. The maximum absolute atomic E-state index is 13.0. The number of methoxy groups -OCH3 is 1. The average molecular weight is 362 g/mol. The predicted octanol–water partition coefficient (Wildman–Crippen LogP) is 2.14. The first-order chi connectivity index (χ1) is 12.1. The smallest absolute Gasteiger partial charge is 0.243 e. The van der Waals surface area contributed by atoms with Crippen LogP contribution in [0.2, 0.25) is 0 Å². The minimum atomic E-state index is -3.54. The number of nitrogens with one attached hydrogen (secondary N) is 1. The van der Waals surface area contributed by atoms with Crippen LogP contribution in [-0.2, 0) is 10.0 Å². The Kier molecular flexibility index (Phi) is 5.50. The number of anilines is 1. The molecule has 0 radical (unpaired) electrons. The van der Waals surface area contributed by atoms with E-state index in [1.165, 1.54) is 0 Å². The monoisotopic (exact) mass is 362 g/mol. The Balaban J connectivity index is 1.77. The van der Waals surface area contributed by atoms with Gasteiger partial charge >= 0.3 is 0 Å².